The molecular weight excluding hydrogens is 387 g/mol. The van der Waals surface area contributed by atoms with Crippen LogP contribution in [0.25, 0.3) is 17.0 Å². The lowest BCUT2D eigenvalue weighted by molar-refractivity contribution is 0.573. The molecule has 0 N–H and O–H groups in total. The maximum Gasteiger partial charge on any atom is 0.135 e. The van der Waals surface area contributed by atoms with Gasteiger partial charge in [0.2, 0.25) is 0 Å². The Morgan fingerprint density at radius 1 is 0.833 bits per heavy atom. The van der Waals surface area contributed by atoms with E-state index in [9.17, 15) is 13.2 Å². The molecule has 1 aromatic heterocycles. The molecule has 5 rings (SSSR count). The molecule has 0 unspecified atom stereocenters. The van der Waals surface area contributed by atoms with Crippen LogP contribution in [-0.2, 0) is 0 Å². The lowest BCUT2D eigenvalue weighted by atomic mass is 10.0. The van der Waals surface area contributed by atoms with Crippen LogP contribution in [0.1, 0.15) is 17.7 Å². The highest BCUT2D eigenvalue weighted by Gasteiger charge is 2.23. The Morgan fingerprint density at radius 2 is 1.63 bits per heavy atom. The number of hydrogen-bond acceptors (Lipinski definition) is 2. The van der Waals surface area contributed by atoms with Crippen LogP contribution in [0.5, 0.6) is 0 Å². The molecule has 2 aliphatic rings. The van der Waals surface area contributed by atoms with E-state index < -0.39 is 11.6 Å². The molecule has 6 heteroatoms. The second-order valence-electron chi connectivity index (χ2n) is 6.97. The van der Waals surface area contributed by atoms with Crippen molar-refractivity contribution in [2.45, 2.75) is 6.42 Å². The van der Waals surface area contributed by atoms with Gasteiger partial charge in [-0.1, -0.05) is 12.2 Å². The second-order valence-corrected chi connectivity index (χ2v) is 6.97. The largest absolute Gasteiger partial charge is 0.316 e. The number of allylic oxidation sites excluding steroid dienone is 5. The number of hydrogen-bond donors (Lipinski definition) is 0. The van der Waals surface area contributed by atoms with E-state index in [1.165, 1.54) is 24.3 Å². The topological polar surface area (TPSA) is 21.1 Å². The van der Waals surface area contributed by atoms with Gasteiger partial charge < -0.3 is 4.90 Å². The van der Waals surface area contributed by atoms with E-state index in [0.717, 1.165) is 28.7 Å². The number of fused-ring (bicyclic) bond motifs is 1. The fourth-order valence-corrected chi connectivity index (χ4v) is 3.68. The lowest BCUT2D eigenvalue weighted by Gasteiger charge is -2.31. The van der Waals surface area contributed by atoms with Gasteiger partial charge in [-0.25, -0.2) is 17.9 Å². The quantitative estimate of drug-likeness (QED) is 0.549. The average molecular weight is 403 g/mol. The summed E-state index contributed by atoms with van der Waals surface area (Å²) in [6.07, 6.45) is 12.1. The summed E-state index contributed by atoms with van der Waals surface area (Å²) in [5.74, 6) is -1.53. The third-order valence-electron chi connectivity index (χ3n) is 5.09. The number of rotatable bonds is 3. The van der Waals surface area contributed by atoms with E-state index in [4.69, 9.17) is 0 Å². The number of benzene rings is 2. The van der Waals surface area contributed by atoms with Crippen LogP contribution in [0.4, 0.5) is 13.2 Å². The van der Waals surface area contributed by atoms with E-state index in [0.29, 0.717) is 17.7 Å². The molecule has 2 aromatic carbocycles. The van der Waals surface area contributed by atoms with Crippen LogP contribution in [0.3, 0.4) is 0 Å². The highest BCUT2D eigenvalue weighted by Crippen LogP contribution is 2.36. The van der Waals surface area contributed by atoms with Crippen molar-refractivity contribution in [1.82, 2.24) is 14.7 Å². The molecule has 0 fully saturated rings. The molecule has 0 amide bonds. The first-order valence-electron chi connectivity index (χ1n) is 9.45. The van der Waals surface area contributed by atoms with Gasteiger partial charge in [0.15, 0.2) is 0 Å². The minimum Gasteiger partial charge on any atom is -0.316 e. The second kappa shape index (κ2) is 7.22. The van der Waals surface area contributed by atoms with Crippen molar-refractivity contribution in [3.05, 3.63) is 120 Å². The van der Waals surface area contributed by atoms with Gasteiger partial charge in [-0.05, 0) is 61.0 Å². The maximum absolute atomic E-state index is 14.5. The minimum atomic E-state index is -0.610. The summed E-state index contributed by atoms with van der Waals surface area (Å²) in [6, 6.07) is 11.5. The Balaban J connectivity index is 1.56. The fourth-order valence-electron chi connectivity index (χ4n) is 3.68. The van der Waals surface area contributed by atoms with Crippen molar-refractivity contribution in [1.29, 1.82) is 0 Å². The monoisotopic (exact) mass is 403 g/mol. The van der Waals surface area contributed by atoms with Crippen molar-refractivity contribution >= 4 is 11.3 Å². The fraction of sp³-hybridized carbons (Fsp3) is 0.0417. The molecule has 0 saturated heterocycles. The number of halogens is 3. The van der Waals surface area contributed by atoms with Crippen molar-refractivity contribution in [3.8, 4) is 5.69 Å². The van der Waals surface area contributed by atoms with E-state index in [1.807, 2.05) is 41.5 Å². The molecule has 2 aliphatic heterocycles. The van der Waals surface area contributed by atoms with Gasteiger partial charge in [0.1, 0.15) is 17.5 Å². The average Bonchev–Trinajstić information content (AvgIpc) is 3.24. The Labute approximate surface area is 171 Å². The predicted molar refractivity (Wildman–Crippen MR) is 110 cm³/mol. The number of aromatic nitrogens is 2. The zero-order chi connectivity index (χ0) is 20.7. The summed E-state index contributed by atoms with van der Waals surface area (Å²) in [5.41, 5.74) is 4.28. The highest BCUT2D eigenvalue weighted by atomic mass is 19.1. The highest BCUT2D eigenvalue weighted by molar-refractivity contribution is 5.80. The number of nitrogens with zero attached hydrogens (tertiary/aromatic N) is 3. The lowest BCUT2D eigenvalue weighted by Crippen LogP contribution is -2.20. The normalized spacial score (nSPS) is 15.4. The van der Waals surface area contributed by atoms with Gasteiger partial charge in [-0.2, -0.15) is 5.10 Å². The van der Waals surface area contributed by atoms with Crippen LogP contribution >= 0.6 is 0 Å². The van der Waals surface area contributed by atoms with E-state index >= 15 is 0 Å². The Kier molecular flexibility index (Phi) is 4.39. The summed E-state index contributed by atoms with van der Waals surface area (Å²) < 4.78 is 42.9. The maximum atomic E-state index is 14.5. The zero-order valence-corrected chi connectivity index (χ0v) is 15.8. The van der Waals surface area contributed by atoms with Crippen LogP contribution in [0.2, 0.25) is 0 Å². The standard InChI is InChI=1S/C24H16F3N3/c25-17-5-9-20(10-6-17)30-23(12-13-28-30)16-4-8-19-2-1-3-24(29(19)15-16)21-11-7-18(26)14-22(21)27/h2-15H,1H2. The molecule has 3 aromatic rings. The molecule has 0 spiro atoms. The van der Waals surface area contributed by atoms with Crippen molar-refractivity contribution < 1.29 is 13.2 Å². The molecule has 3 nitrogen and oxygen atoms in total. The molecule has 0 saturated carbocycles. The van der Waals surface area contributed by atoms with Crippen molar-refractivity contribution in [2.24, 2.45) is 0 Å². The summed E-state index contributed by atoms with van der Waals surface area (Å²) >= 11 is 0. The summed E-state index contributed by atoms with van der Waals surface area (Å²) in [4.78, 5) is 1.89. The first-order valence-corrected chi connectivity index (χ1v) is 9.45. The Hall–Kier alpha value is -3.80. The van der Waals surface area contributed by atoms with E-state index in [2.05, 4.69) is 5.10 Å². The smallest absolute Gasteiger partial charge is 0.135 e. The van der Waals surface area contributed by atoms with Crippen LogP contribution in [0.15, 0.2) is 90.9 Å². The van der Waals surface area contributed by atoms with Crippen LogP contribution < -0.4 is 0 Å². The molecule has 0 atom stereocenters. The molecule has 3 heterocycles. The third-order valence-corrected chi connectivity index (χ3v) is 5.09. The van der Waals surface area contributed by atoms with Gasteiger partial charge in [0.05, 0.1) is 23.3 Å². The van der Waals surface area contributed by atoms with Crippen molar-refractivity contribution in [2.75, 3.05) is 0 Å². The Morgan fingerprint density at radius 3 is 2.43 bits per heavy atom. The van der Waals surface area contributed by atoms with Crippen LogP contribution in [-0.4, -0.2) is 14.7 Å². The first-order chi connectivity index (χ1) is 14.6. The van der Waals surface area contributed by atoms with Crippen molar-refractivity contribution in [3.63, 3.8) is 0 Å². The van der Waals surface area contributed by atoms with Gasteiger partial charge >= 0.3 is 0 Å². The van der Waals surface area contributed by atoms with Crippen LogP contribution in [0, 0.1) is 17.5 Å². The van der Waals surface area contributed by atoms with Gasteiger partial charge in [0.25, 0.3) is 0 Å². The van der Waals surface area contributed by atoms with E-state index in [1.54, 1.807) is 23.0 Å². The molecular formula is C24H16F3N3. The molecule has 0 bridgehead atoms. The molecule has 0 aliphatic carbocycles. The SMILES string of the molecule is Fc1ccc(-n2nccc2C2=CN3C(=CCC=C3c3ccc(F)cc3F)C=C2)cc1. The Bertz CT molecular complexity index is 1250. The third kappa shape index (κ3) is 3.16. The van der Waals surface area contributed by atoms with Gasteiger partial charge in [-0.15, -0.1) is 0 Å². The van der Waals surface area contributed by atoms with E-state index in [-0.39, 0.29) is 5.82 Å². The zero-order valence-electron chi connectivity index (χ0n) is 15.8. The predicted octanol–water partition coefficient (Wildman–Crippen LogP) is 5.83. The van der Waals surface area contributed by atoms with Gasteiger partial charge in [0, 0.05) is 29.1 Å². The first kappa shape index (κ1) is 18.2. The summed E-state index contributed by atoms with van der Waals surface area (Å²) in [7, 11) is 0. The van der Waals surface area contributed by atoms with Gasteiger partial charge in [-0.3, -0.25) is 0 Å². The summed E-state index contributed by atoms with van der Waals surface area (Å²) in [5, 5.41) is 4.37. The molecule has 0 radical (unpaired) electrons. The summed E-state index contributed by atoms with van der Waals surface area (Å²) in [6.45, 7) is 0. The minimum absolute atomic E-state index is 0.316. The molecule has 30 heavy (non-hydrogen) atoms. The molecule has 148 valence electrons.